The Labute approximate surface area is 197 Å². The zero-order chi connectivity index (χ0) is 23.0. The molecule has 32 heavy (non-hydrogen) atoms. The number of H-pyrrole nitrogens is 1. The van der Waals surface area contributed by atoms with Crippen molar-refractivity contribution in [2.75, 3.05) is 5.32 Å². The minimum Gasteiger partial charge on any atom is -0.319 e. The largest absolute Gasteiger partial charge is 0.319 e. The van der Waals surface area contributed by atoms with Crippen LogP contribution in [0, 0.1) is 26.6 Å². The highest BCUT2D eigenvalue weighted by Crippen LogP contribution is 2.30. The summed E-state index contributed by atoms with van der Waals surface area (Å²) in [7, 11) is 0. The number of aromatic nitrogens is 2. The quantitative estimate of drug-likeness (QED) is 0.326. The van der Waals surface area contributed by atoms with E-state index in [4.69, 9.17) is 11.6 Å². The summed E-state index contributed by atoms with van der Waals surface area (Å²) in [6, 6.07) is 10.2. The van der Waals surface area contributed by atoms with Crippen molar-refractivity contribution < 1.29 is 9.18 Å². The molecule has 9 heteroatoms. The minimum absolute atomic E-state index is 0.0174. The second-order valence-electron chi connectivity index (χ2n) is 7.38. The van der Waals surface area contributed by atoms with Crippen molar-refractivity contribution in [2.24, 2.45) is 0 Å². The molecule has 164 valence electrons. The SMILES string of the molecule is Cc1ccc(C)c(SCc2nc3sc(C(=O)Nc4ccc(Cl)cc4F)c(C)c3c(=O)[nH]2)c1. The number of hydrogen-bond acceptors (Lipinski definition) is 5. The Hall–Kier alpha value is -2.68. The Kier molecular flexibility index (Phi) is 6.37. The number of carbonyl (C=O) groups excluding carboxylic acids is 1. The maximum absolute atomic E-state index is 14.1. The number of nitrogens with one attached hydrogen (secondary N) is 2. The van der Waals surface area contributed by atoms with Crippen LogP contribution in [0.3, 0.4) is 0 Å². The Morgan fingerprint density at radius 2 is 2.00 bits per heavy atom. The van der Waals surface area contributed by atoms with E-state index in [0.29, 0.717) is 32.2 Å². The molecule has 0 saturated carbocycles. The van der Waals surface area contributed by atoms with Gasteiger partial charge in [-0.15, -0.1) is 23.1 Å². The van der Waals surface area contributed by atoms with E-state index in [9.17, 15) is 14.0 Å². The maximum Gasteiger partial charge on any atom is 0.266 e. The average molecular weight is 488 g/mol. The van der Waals surface area contributed by atoms with Gasteiger partial charge in [-0.1, -0.05) is 29.3 Å². The number of carbonyl (C=O) groups is 1. The first kappa shape index (κ1) is 22.5. The van der Waals surface area contributed by atoms with E-state index < -0.39 is 11.7 Å². The zero-order valence-electron chi connectivity index (χ0n) is 17.5. The summed E-state index contributed by atoms with van der Waals surface area (Å²) in [5, 5.41) is 3.15. The fourth-order valence-electron chi connectivity index (χ4n) is 3.25. The molecule has 0 aliphatic carbocycles. The van der Waals surface area contributed by atoms with Gasteiger partial charge in [-0.2, -0.15) is 0 Å². The molecule has 0 radical (unpaired) electrons. The standard InChI is InChI=1S/C23H19ClFN3O2S2/c1-11-4-5-12(2)17(8-11)31-10-18-27-21(29)19-13(3)20(32-23(19)28-18)22(30)26-16-7-6-14(24)9-15(16)25/h4-9H,10H2,1-3H3,(H,26,30)(H,27,28,29). The van der Waals surface area contributed by atoms with Gasteiger partial charge in [0.1, 0.15) is 16.5 Å². The van der Waals surface area contributed by atoms with E-state index in [0.717, 1.165) is 33.4 Å². The number of rotatable bonds is 5. The third-order valence-electron chi connectivity index (χ3n) is 4.94. The summed E-state index contributed by atoms with van der Waals surface area (Å²) in [6.45, 7) is 5.76. The third-order valence-corrected chi connectivity index (χ3v) is 7.53. The molecule has 0 unspecified atom stereocenters. The number of fused-ring (bicyclic) bond motifs is 1. The lowest BCUT2D eigenvalue weighted by molar-refractivity contribution is 0.102. The van der Waals surface area contributed by atoms with Crippen LogP contribution in [0.2, 0.25) is 5.02 Å². The second-order valence-corrected chi connectivity index (χ2v) is 9.84. The summed E-state index contributed by atoms with van der Waals surface area (Å²) in [6.07, 6.45) is 0. The first-order valence-electron chi connectivity index (χ1n) is 9.71. The molecule has 5 nitrogen and oxygen atoms in total. The van der Waals surface area contributed by atoms with Gasteiger partial charge in [0.2, 0.25) is 0 Å². The van der Waals surface area contributed by atoms with Crippen molar-refractivity contribution in [1.82, 2.24) is 9.97 Å². The Bertz CT molecular complexity index is 1410. The number of aromatic amines is 1. The molecule has 2 aromatic carbocycles. The maximum atomic E-state index is 14.1. The molecule has 4 aromatic rings. The van der Waals surface area contributed by atoms with E-state index in [2.05, 4.69) is 33.5 Å². The van der Waals surface area contributed by atoms with Gasteiger partial charge < -0.3 is 10.3 Å². The average Bonchev–Trinajstić information content (AvgIpc) is 3.07. The third kappa shape index (κ3) is 4.57. The van der Waals surface area contributed by atoms with Crippen LogP contribution in [-0.4, -0.2) is 15.9 Å². The number of nitrogens with zero attached hydrogens (tertiary/aromatic N) is 1. The van der Waals surface area contributed by atoms with Gasteiger partial charge in [-0.05, 0) is 56.2 Å². The van der Waals surface area contributed by atoms with Crippen LogP contribution in [0.1, 0.15) is 32.2 Å². The Morgan fingerprint density at radius 1 is 1.22 bits per heavy atom. The van der Waals surface area contributed by atoms with Crippen LogP contribution in [0.15, 0.2) is 46.1 Å². The predicted molar refractivity (Wildman–Crippen MR) is 130 cm³/mol. The minimum atomic E-state index is -0.633. The molecule has 0 aliphatic heterocycles. The highest BCUT2D eigenvalue weighted by molar-refractivity contribution is 7.98. The molecule has 2 N–H and O–H groups in total. The smallest absolute Gasteiger partial charge is 0.266 e. The summed E-state index contributed by atoms with van der Waals surface area (Å²) in [5.41, 5.74) is 2.56. The fourth-order valence-corrected chi connectivity index (χ4v) is 5.50. The number of aryl methyl sites for hydroxylation is 3. The lowest BCUT2D eigenvalue weighted by Crippen LogP contribution is -2.14. The lowest BCUT2D eigenvalue weighted by atomic mass is 10.2. The van der Waals surface area contributed by atoms with Gasteiger partial charge in [0.15, 0.2) is 0 Å². The van der Waals surface area contributed by atoms with Gasteiger partial charge in [0.25, 0.3) is 11.5 Å². The van der Waals surface area contributed by atoms with Gasteiger partial charge in [0, 0.05) is 9.92 Å². The van der Waals surface area contributed by atoms with Crippen molar-refractivity contribution >= 4 is 56.5 Å². The number of hydrogen-bond donors (Lipinski definition) is 2. The van der Waals surface area contributed by atoms with Gasteiger partial charge >= 0.3 is 0 Å². The number of thioether (sulfide) groups is 1. The van der Waals surface area contributed by atoms with E-state index in [-0.39, 0.29) is 16.3 Å². The number of anilines is 1. The molecule has 2 heterocycles. The van der Waals surface area contributed by atoms with Crippen LogP contribution in [0.5, 0.6) is 0 Å². The van der Waals surface area contributed by atoms with E-state index in [1.165, 1.54) is 12.1 Å². The first-order valence-corrected chi connectivity index (χ1v) is 11.9. The number of halogens is 2. The first-order chi connectivity index (χ1) is 15.2. The van der Waals surface area contributed by atoms with Crippen molar-refractivity contribution in [2.45, 2.75) is 31.4 Å². The van der Waals surface area contributed by atoms with Gasteiger partial charge in [0.05, 0.1) is 21.7 Å². The number of benzene rings is 2. The van der Waals surface area contributed by atoms with Gasteiger partial charge in [-0.3, -0.25) is 9.59 Å². The number of thiophene rings is 1. The monoisotopic (exact) mass is 487 g/mol. The summed E-state index contributed by atoms with van der Waals surface area (Å²) in [5.74, 6) is -0.113. The van der Waals surface area contributed by atoms with Crippen LogP contribution in [0.4, 0.5) is 10.1 Å². The van der Waals surface area contributed by atoms with Crippen LogP contribution < -0.4 is 10.9 Å². The van der Waals surface area contributed by atoms with E-state index in [1.54, 1.807) is 18.7 Å². The van der Waals surface area contributed by atoms with Crippen LogP contribution in [0.25, 0.3) is 10.2 Å². The zero-order valence-corrected chi connectivity index (χ0v) is 19.9. The molecule has 4 rings (SSSR count). The highest BCUT2D eigenvalue weighted by Gasteiger charge is 2.20. The van der Waals surface area contributed by atoms with Crippen molar-refractivity contribution in [3.8, 4) is 0 Å². The van der Waals surface area contributed by atoms with Crippen molar-refractivity contribution in [3.63, 3.8) is 0 Å². The molecular weight excluding hydrogens is 469 g/mol. The molecular formula is C23H19ClFN3O2S2. The summed E-state index contributed by atoms with van der Waals surface area (Å²) >= 11 is 8.47. The molecule has 1 amide bonds. The summed E-state index contributed by atoms with van der Waals surface area (Å²) < 4.78 is 14.1. The molecule has 2 aromatic heterocycles. The predicted octanol–water partition coefficient (Wildman–Crippen LogP) is 6.25. The highest BCUT2D eigenvalue weighted by atomic mass is 35.5. The Morgan fingerprint density at radius 3 is 2.75 bits per heavy atom. The molecule has 0 spiro atoms. The summed E-state index contributed by atoms with van der Waals surface area (Å²) in [4.78, 5) is 34.8. The number of amides is 1. The topological polar surface area (TPSA) is 74.8 Å². The van der Waals surface area contributed by atoms with Crippen molar-refractivity contribution in [1.29, 1.82) is 0 Å². The van der Waals surface area contributed by atoms with E-state index in [1.807, 2.05) is 13.8 Å². The Balaban J connectivity index is 1.61. The fraction of sp³-hybridized carbons (Fsp3) is 0.174. The molecule has 0 bridgehead atoms. The van der Waals surface area contributed by atoms with Gasteiger partial charge in [-0.25, -0.2) is 9.37 Å². The van der Waals surface area contributed by atoms with Crippen LogP contribution in [-0.2, 0) is 5.75 Å². The molecule has 0 saturated heterocycles. The molecule has 0 aliphatic rings. The lowest BCUT2D eigenvalue weighted by Gasteiger charge is -2.06. The molecule has 0 atom stereocenters. The van der Waals surface area contributed by atoms with E-state index >= 15 is 0 Å². The van der Waals surface area contributed by atoms with Crippen molar-refractivity contribution in [3.05, 3.63) is 85.0 Å². The normalized spacial score (nSPS) is 11.2. The second kappa shape index (κ2) is 9.05. The van der Waals surface area contributed by atoms with Crippen LogP contribution >= 0.6 is 34.7 Å². The molecule has 0 fully saturated rings.